The van der Waals surface area contributed by atoms with Gasteiger partial charge in [0.15, 0.2) is 0 Å². The first-order chi connectivity index (χ1) is 13.2. The van der Waals surface area contributed by atoms with E-state index in [2.05, 4.69) is 46.6 Å². The molecule has 144 valence electrons. The van der Waals surface area contributed by atoms with Crippen molar-refractivity contribution in [3.8, 4) is 5.75 Å². The molecule has 3 rings (SSSR count). The molecule has 1 fully saturated rings. The van der Waals surface area contributed by atoms with Crippen molar-refractivity contribution >= 4 is 5.91 Å². The van der Waals surface area contributed by atoms with Gasteiger partial charge in [-0.3, -0.25) is 9.69 Å². The van der Waals surface area contributed by atoms with E-state index in [1.54, 1.807) is 7.11 Å². The highest BCUT2D eigenvalue weighted by molar-refractivity contribution is 5.78. The third kappa shape index (κ3) is 6.08. The van der Waals surface area contributed by atoms with Crippen LogP contribution in [-0.4, -0.2) is 62.1 Å². The lowest BCUT2D eigenvalue weighted by Crippen LogP contribution is -2.50. The summed E-state index contributed by atoms with van der Waals surface area (Å²) < 4.78 is 5.16. The topological polar surface area (TPSA) is 44.8 Å². The van der Waals surface area contributed by atoms with Gasteiger partial charge in [-0.2, -0.15) is 0 Å². The number of hydrogen-bond donors (Lipinski definition) is 1. The van der Waals surface area contributed by atoms with E-state index in [1.807, 2.05) is 23.1 Å². The highest BCUT2D eigenvalue weighted by atomic mass is 16.5. The molecule has 0 atom stereocenters. The second-order valence-corrected chi connectivity index (χ2v) is 6.92. The molecule has 5 nitrogen and oxygen atoms in total. The average Bonchev–Trinajstić information content (AvgIpc) is 2.73. The fraction of sp³-hybridized carbons (Fsp3) is 0.409. The SMILES string of the molecule is COc1ccc(CCNCC(=O)N2CCN(Cc3ccccc3)CC2)cc1. The monoisotopic (exact) mass is 367 g/mol. The maximum atomic E-state index is 12.4. The number of ether oxygens (including phenoxy) is 1. The van der Waals surface area contributed by atoms with Crippen molar-refractivity contribution in [1.82, 2.24) is 15.1 Å². The number of hydrogen-bond acceptors (Lipinski definition) is 4. The Morgan fingerprint density at radius 2 is 1.67 bits per heavy atom. The van der Waals surface area contributed by atoms with Crippen LogP contribution in [0, 0.1) is 0 Å². The Hall–Kier alpha value is -2.37. The van der Waals surface area contributed by atoms with Crippen molar-refractivity contribution in [2.75, 3.05) is 46.4 Å². The van der Waals surface area contributed by atoms with E-state index in [1.165, 1.54) is 11.1 Å². The molecule has 1 aliphatic rings. The number of carbonyl (C=O) groups is 1. The average molecular weight is 367 g/mol. The van der Waals surface area contributed by atoms with Gasteiger partial charge in [-0.05, 0) is 36.2 Å². The van der Waals surface area contributed by atoms with Gasteiger partial charge < -0.3 is 15.0 Å². The number of nitrogens with one attached hydrogen (secondary N) is 1. The molecule has 2 aromatic rings. The first-order valence-corrected chi connectivity index (χ1v) is 9.62. The van der Waals surface area contributed by atoms with Crippen LogP contribution in [0.1, 0.15) is 11.1 Å². The number of carbonyl (C=O) groups excluding carboxylic acids is 1. The van der Waals surface area contributed by atoms with Crippen LogP contribution >= 0.6 is 0 Å². The van der Waals surface area contributed by atoms with Gasteiger partial charge in [-0.25, -0.2) is 0 Å². The van der Waals surface area contributed by atoms with Gasteiger partial charge in [0.25, 0.3) is 0 Å². The number of benzene rings is 2. The highest BCUT2D eigenvalue weighted by Crippen LogP contribution is 2.11. The summed E-state index contributed by atoms with van der Waals surface area (Å²) in [5.41, 5.74) is 2.57. The molecule has 0 unspecified atom stereocenters. The number of rotatable bonds is 8. The predicted octanol–water partition coefficient (Wildman–Crippen LogP) is 2.17. The second-order valence-electron chi connectivity index (χ2n) is 6.92. The summed E-state index contributed by atoms with van der Waals surface area (Å²) in [4.78, 5) is 16.8. The standard InChI is InChI=1S/C22H29N3O2/c1-27-21-9-7-19(8-10-21)11-12-23-17-22(26)25-15-13-24(14-16-25)18-20-5-3-2-4-6-20/h2-10,23H,11-18H2,1H3. The Morgan fingerprint density at radius 3 is 2.33 bits per heavy atom. The summed E-state index contributed by atoms with van der Waals surface area (Å²) >= 11 is 0. The fourth-order valence-electron chi connectivity index (χ4n) is 3.33. The smallest absolute Gasteiger partial charge is 0.236 e. The fourth-order valence-corrected chi connectivity index (χ4v) is 3.33. The quantitative estimate of drug-likeness (QED) is 0.727. The molecule has 0 radical (unpaired) electrons. The van der Waals surface area contributed by atoms with Crippen molar-refractivity contribution in [3.05, 3.63) is 65.7 Å². The van der Waals surface area contributed by atoms with Crippen LogP contribution in [0.5, 0.6) is 5.75 Å². The van der Waals surface area contributed by atoms with Crippen LogP contribution < -0.4 is 10.1 Å². The zero-order valence-electron chi connectivity index (χ0n) is 16.1. The van der Waals surface area contributed by atoms with E-state index < -0.39 is 0 Å². The van der Waals surface area contributed by atoms with Gasteiger partial charge in [0.2, 0.25) is 5.91 Å². The summed E-state index contributed by atoms with van der Waals surface area (Å²) in [6, 6.07) is 18.6. The molecular weight excluding hydrogens is 338 g/mol. The molecule has 1 heterocycles. The molecule has 2 aromatic carbocycles. The summed E-state index contributed by atoms with van der Waals surface area (Å²) in [7, 11) is 1.67. The molecule has 1 aliphatic heterocycles. The van der Waals surface area contributed by atoms with Crippen LogP contribution in [0.15, 0.2) is 54.6 Å². The maximum Gasteiger partial charge on any atom is 0.236 e. The van der Waals surface area contributed by atoms with Crippen molar-refractivity contribution < 1.29 is 9.53 Å². The van der Waals surface area contributed by atoms with Gasteiger partial charge in [-0.15, -0.1) is 0 Å². The van der Waals surface area contributed by atoms with Gasteiger partial charge in [0, 0.05) is 32.7 Å². The zero-order chi connectivity index (χ0) is 18.9. The molecule has 0 aromatic heterocycles. The van der Waals surface area contributed by atoms with Gasteiger partial charge in [-0.1, -0.05) is 42.5 Å². The third-order valence-corrected chi connectivity index (χ3v) is 5.00. The van der Waals surface area contributed by atoms with Crippen LogP contribution in [0.25, 0.3) is 0 Å². The number of amides is 1. The summed E-state index contributed by atoms with van der Waals surface area (Å²) in [5.74, 6) is 1.07. The minimum Gasteiger partial charge on any atom is -0.497 e. The van der Waals surface area contributed by atoms with Crippen LogP contribution in [-0.2, 0) is 17.8 Å². The van der Waals surface area contributed by atoms with E-state index in [0.717, 1.165) is 51.4 Å². The molecule has 1 N–H and O–H groups in total. The Labute approximate surface area is 161 Å². The Balaban J connectivity index is 1.32. The lowest BCUT2D eigenvalue weighted by Gasteiger charge is -2.34. The molecule has 1 amide bonds. The second kappa shape index (κ2) is 10.1. The normalized spacial score (nSPS) is 14.9. The van der Waals surface area contributed by atoms with E-state index in [4.69, 9.17) is 4.74 Å². The molecular formula is C22H29N3O2. The summed E-state index contributed by atoms with van der Waals surface area (Å²) in [5, 5.41) is 3.27. The van der Waals surface area contributed by atoms with Crippen molar-refractivity contribution in [1.29, 1.82) is 0 Å². The van der Waals surface area contributed by atoms with E-state index in [-0.39, 0.29) is 5.91 Å². The van der Waals surface area contributed by atoms with E-state index >= 15 is 0 Å². The largest absolute Gasteiger partial charge is 0.497 e. The lowest BCUT2D eigenvalue weighted by molar-refractivity contribution is -0.132. The first-order valence-electron chi connectivity index (χ1n) is 9.62. The molecule has 5 heteroatoms. The first kappa shape index (κ1) is 19.4. The van der Waals surface area contributed by atoms with E-state index in [0.29, 0.717) is 6.54 Å². The zero-order valence-corrected chi connectivity index (χ0v) is 16.1. The lowest BCUT2D eigenvalue weighted by atomic mass is 10.1. The highest BCUT2D eigenvalue weighted by Gasteiger charge is 2.20. The van der Waals surface area contributed by atoms with Gasteiger partial charge >= 0.3 is 0 Å². The third-order valence-electron chi connectivity index (χ3n) is 5.00. The molecule has 0 aliphatic carbocycles. The molecule has 0 spiro atoms. The van der Waals surface area contributed by atoms with Crippen molar-refractivity contribution in [2.45, 2.75) is 13.0 Å². The van der Waals surface area contributed by atoms with Crippen molar-refractivity contribution in [2.24, 2.45) is 0 Å². The maximum absolute atomic E-state index is 12.4. The predicted molar refractivity (Wildman–Crippen MR) is 108 cm³/mol. The molecule has 0 saturated carbocycles. The molecule has 27 heavy (non-hydrogen) atoms. The minimum absolute atomic E-state index is 0.198. The van der Waals surface area contributed by atoms with Gasteiger partial charge in [0.05, 0.1) is 13.7 Å². The van der Waals surface area contributed by atoms with E-state index in [9.17, 15) is 4.79 Å². The Morgan fingerprint density at radius 1 is 0.963 bits per heavy atom. The van der Waals surface area contributed by atoms with Crippen LogP contribution in [0.3, 0.4) is 0 Å². The van der Waals surface area contributed by atoms with Crippen molar-refractivity contribution in [3.63, 3.8) is 0 Å². The number of piperazine rings is 1. The summed E-state index contributed by atoms with van der Waals surface area (Å²) in [6.07, 6.45) is 0.905. The molecule has 0 bridgehead atoms. The Kier molecular flexibility index (Phi) is 7.25. The van der Waals surface area contributed by atoms with Gasteiger partial charge in [0.1, 0.15) is 5.75 Å². The number of methoxy groups -OCH3 is 1. The summed E-state index contributed by atoms with van der Waals surface area (Å²) in [6.45, 7) is 5.67. The number of nitrogens with zero attached hydrogens (tertiary/aromatic N) is 2. The van der Waals surface area contributed by atoms with Crippen LogP contribution in [0.2, 0.25) is 0 Å². The Bertz CT molecular complexity index is 695. The molecule has 1 saturated heterocycles. The minimum atomic E-state index is 0.198. The van der Waals surface area contributed by atoms with Crippen LogP contribution in [0.4, 0.5) is 0 Å².